The Labute approximate surface area is 150 Å². The molecule has 6 heteroatoms. The Hall–Kier alpha value is -1.79. The van der Waals surface area contributed by atoms with E-state index >= 15 is 0 Å². The minimum absolute atomic E-state index is 0.0710. The molecular formula is C19H31N3O3. The van der Waals surface area contributed by atoms with E-state index in [1.165, 1.54) is 0 Å². The number of carbonyl (C=O) groups is 1. The van der Waals surface area contributed by atoms with Crippen LogP contribution in [-0.2, 0) is 4.79 Å². The number of hydrogen-bond donors (Lipinski definition) is 1. The summed E-state index contributed by atoms with van der Waals surface area (Å²) in [6, 6.07) is 7.62. The zero-order valence-electron chi connectivity index (χ0n) is 15.7. The van der Waals surface area contributed by atoms with Gasteiger partial charge in [0.15, 0.2) is 0 Å². The molecule has 0 saturated carbocycles. The van der Waals surface area contributed by atoms with Gasteiger partial charge in [-0.15, -0.1) is 0 Å². The lowest BCUT2D eigenvalue weighted by Crippen LogP contribution is -2.58. The molecule has 1 heterocycles. The predicted molar refractivity (Wildman–Crippen MR) is 99.0 cm³/mol. The highest BCUT2D eigenvalue weighted by atomic mass is 16.5. The second-order valence-electron chi connectivity index (χ2n) is 6.83. The van der Waals surface area contributed by atoms with E-state index < -0.39 is 5.54 Å². The molecule has 0 bridgehead atoms. The van der Waals surface area contributed by atoms with Crippen molar-refractivity contribution in [3.63, 3.8) is 0 Å². The quantitative estimate of drug-likeness (QED) is 0.774. The van der Waals surface area contributed by atoms with Gasteiger partial charge in [0, 0.05) is 38.8 Å². The number of carbonyl (C=O) groups excluding carboxylic acids is 1. The minimum atomic E-state index is -0.744. The molecule has 6 nitrogen and oxygen atoms in total. The lowest BCUT2D eigenvalue weighted by Gasteiger charge is -2.38. The summed E-state index contributed by atoms with van der Waals surface area (Å²) in [5.41, 5.74) is 5.43. The summed E-state index contributed by atoms with van der Waals surface area (Å²) in [7, 11) is 1.65. The highest BCUT2D eigenvalue weighted by Gasteiger charge is 2.33. The minimum Gasteiger partial charge on any atom is -0.497 e. The van der Waals surface area contributed by atoms with Crippen molar-refractivity contribution in [2.24, 2.45) is 5.73 Å². The first kappa shape index (κ1) is 19.5. The third-order valence-electron chi connectivity index (χ3n) is 4.63. The second-order valence-corrected chi connectivity index (χ2v) is 6.83. The van der Waals surface area contributed by atoms with Gasteiger partial charge in [-0.2, -0.15) is 0 Å². The average Bonchev–Trinajstić information content (AvgIpc) is 2.62. The van der Waals surface area contributed by atoms with Gasteiger partial charge in [-0.1, -0.05) is 19.4 Å². The standard InChI is InChI=1S/C19H31N3O3/c1-4-8-19(2,20)18(23)22-11-9-21(10-12-22)13-14-25-17-7-5-6-16(15-17)24-3/h5-7,15H,4,8-14,20H2,1-3H3. The van der Waals surface area contributed by atoms with Crippen molar-refractivity contribution in [3.05, 3.63) is 24.3 Å². The zero-order chi connectivity index (χ0) is 18.3. The monoisotopic (exact) mass is 349 g/mol. The molecule has 0 aromatic heterocycles. The van der Waals surface area contributed by atoms with E-state index in [0.29, 0.717) is 6.61 Å². The summed E-state index contributed by atoms with van der Waals surface area (Å²) in [5, 5.41) is 0. The van der Waals surface area contributed by atoms with Crippen LogP contribution in [0.25, 0.3) is 0 Å². The molecule has 1 aromatic carbocycles. The molecule has 1 fully saturated rings. The lowest BCUT2D eigenvalue weighted by molar-refractivity contribution is -0.138. The van der Waals surface area contributed by atoms with Crippen molar-refractivity contribution < 1.29 is 14.3 Å². The molecule has 1 amide bonds. The second kappa shape index (κ2) is 9.06. The van der Waals surface area contributed by atoms with Crippen molar-refractivity contribution >= 4 is 5.91 Å². The largest absolute Gasteiger partial charge is 0.497 e. The molecule has 25 heavy (non-hydrogen) atoms. The van der Waals surface area contributed by atoms with Crippen molar-refractivity contribution in [1.29, 1.82) is 0 Å². The number of hydrogen-bond acceptors (Lipinski definition) is 5. The number of benzene rings is 1. The van der Waals surface area contributed by atoms with Crippen molar-refractivity contribution in [2.75, 3.05) is 46.4 Å². The van der Waals surface area contributed by atoms with Crippen molar-refractivity contribution in [1.82, 2.24) is 9.80 Å². The maximum Gasteiger partial charge on any atom is 0.242 e. The normalized spacial score (nSPS) is 17.8. The molecule has 1 aromatic rings. The summed E-state index contributed by atoms with van der Waals surface area (Å²) in [6.07, 6.45) is 1.64. The van der Waals surface area contributed by atoms with Gasteiger partial charge in [0.1, 0.15) is 18.1 Å². The van der Waals surface area contributed by atoms with E-state index in [2.05, 4.69) is 11.8 Å². The highest BCUT2D eigenvalue weighted by molar-refractivity contribution is 5.85. The SMILES string of the molecule is CCCC(C)(N)C(=O)N1CCN(CCOc2cccc(OC)c2)CC1. The first-order valence-electron chi connectivity index (χ1n) is 9.03. The first-order chi connectivity index (χ1) is 12.0. The molecule has 1 aliphatic heterocycles. The first-order valence-corrected chi connectivity index (χ1v) is 9.03. The van der Waals surface area contributed by atoms with Crippen LogP contribution in [0, 0.1) is 0 Å². The highest BCUT2D eigenvalue weighted by Crippen LogP contribution is 2.19. The molecule has 2 N–H and O–H groups in total. The number of nitrogens with zero attached hydrogens (tertiary/aromatic N) is 2. The van der Waals surface area contributed by atoms with Crippen LogP contribution in [0.2, 0.25) is 0 Å². The van der Waals surface area contributed by atoms with Gasteiger partial charge in [-0.25, -0.2) is 0 Å². The van der Waals surface area contributed by atoms with Gasteiger partial charge in [0.05, 0.1) is 12.6 Å². The van der Waals surface area contributed by atoms with Crippen molar-refractivity contribution in [3.8, 4) is 11.5 Å². The average molecular weight is 349 g/mol. The number of methoxy groups -OCH3 is 1. The summed E-state index contributed by atoms with van der Waals surface area (Å²) >= 11 is 0. The number of amides is 1. The van der Waals surface area contributed by atoms with Crippen LogP contribution in [0.3, 0.4) is 0 Å². The molecule has 0 aliphatic carbocycles. The molecule has 1 unspecified atom stereocenters. The fourth-order valence-electron chi connectivity index (χ4n) is 3.15. The van der Waals surface area contributed by atoms with Crippen LogP contribution < -0.4 is 15.2 Å². The lowest BCUT2D eigenvalue weighted by atomic mass is 9.95. The summed E-state index contributed by atoms with van der Waals surface area (Å²) in [5.74, 6) is 1.68. The molecule has 2 rings (SSSR count). The maximum atomic E-state index is 12.5. The van der Waals surface area contributed by atoms with Crippen LogP contribution >= 0.6 is 0 Å². The van der Waals surface area contributed by atoms with E-state index in [4.69, 9.17) is 15.2 Å². The Bertz CT molecular complexity index is 555. The third kappa shape index (κ3) is 5.61. The number of nitrogens with two attached hydrogens (primary N) is 1. The van der Waals surface area contributed by atoms with Gasteiger partial charge in [0.25, 0.3) is 0 Å². The molecule has 140 valence electrons. The van der Waals surface area contributed by atoms with E-state index in [-0.39, 0.29) is 5.91 Å². The van der Waals surface area contributed by atoms with Crippen LogP contribution in [0.5, 0.6) is 11.5 Å². The Morgan fingerprint density at radius 3 is 2.56 bits per heavy atom. The van der Waals surface area contributed by atoms with Crippen LogP contribution in [0.1, 0.15) is 26.7 Å². The molecule has 1 saturated heterocycles. The Kier molecular flexibility index (Phi) is 7.08. The molecule has 1 atom stereocenters. The van der Waals surface area contributed by atoms with Gasteiger partial charge < -0.3 is 20.1 Å². The molecular weight excluding hydrogens is 318 g/mol. The van der Waals surface area contributed by atoms with Crippen molar-refractivity contribution in [2.45, 2.75) is 32.2 Å². The van der Waals surface area contributed by atoms with E-state index in [0.717, 1.165) is 57.1 Å². The van der Waals surface area contributed by atoms with Gasteiger partial charge in [0.2, 0.25) is 5.91 Å². The summed E-state index contributed by atoms with van der Waals surface area (Å²) in [4.78, 5) is 16.7. The number of rotatable bonds is 8. The van der Waals surface area contributed by atoms with Crippen LogP contribution in [-0.4, -0.2) is 67.7 Å². The third-order valence-corrected chi connectivity index (χ3v) is 4.63. The van der Waals surface area contributed by atoms with E-state index in [1.807, 2.05) is 36.1 Å². The number of ether oxygens (including phenoxy) is 2. The maximum absolute atomic E-state index is 12.5. The Morgan fingerprint density at radius 1 is 1.24 bits per heavy atom. The number of piperazine rings is 1. The predicted octanol–water partition coefficient (Wildman–Crippen LogP) is 1.74. The molecule has 0 radical (unpaired) electrons. The van der Waals surface area contributed by atoms with Gasteiger partial charge >= 0.3 is 0 Å². The molecule has 0 spiro atoms. The smallest absolute Gasteiger partial charge is 0.242 e. The zero-order valence-corrected chi connectivity index (χ0v) is 15.7. The van der Waals surface area contributed by atoms with Crippen LogP contribution in [0.15, 0.2) is 24.3 Å². The topological polar surface area (TPSA) is 68.0 Å². The van der Waals surface area contributed by atoms with Gasteiger partial charge in [-0.3, -0.25) is 9.69 Å². The fourth-order valence-corrected chi connectivity index (χ4v) is 3.15. The Balaban J connectivity index is 1.72. The fraction of sp³-hybridized carbons (Fsp3) is 0.632. The summed E-state index contributed by atoms with van der Waals surface area (Å²) < 4.78 is 11.0. The van der Waals surface area contributed by atoms with Gasteiger partial charge in [-0.05, 0) is 25.5 Å². The van der Waals surface area contributed by atoms with E-state index in [9.17, 15) is 4.79 Å². The Morgan fingerprint density at radius 2 is 1.92 bits per heavy atom. The molecule has 1 aliphatic rings. The summed E-state index contributed by atoms with van der Waals surface area (Å²) in [6.45, 7) is 8.53. The van der Waals surface area contributed by atoms with Crippen LogP contribution in [0.4, 0.5) is 0 Å². The van der Waals surface area contributed by atoms with E-state index in [1.54, 1.807) is 7.11 Å².